The molecule has 1 fully saturated rings. The zero-order valence-corrected chi connectivity index (χ0v) is 9.56. The standard InChI is InChI=1S/C11H24N2/c1-11(2,3)13(4)9-10-6-5-7-12-8-10/h10,12H,5-9H2,1-4H3. The average molecular weight is 184 g/mol. The SMILES string of the molecule is CN(CC1CCCNC1)C(C)(C)C. The molecule has 13 heavy (non-hydrogen) atoms. The van der Waals surface area contributed by atoms with Crippen molar-refractivity contribution in [3.05, 3.63) is 0 Å². The molecule has 0 saturated carbocycles. The molecule has 2 nitrogen and oxygen atoms in total. The molecule has 1 aliphatic heterocycles. The van der Waals surface area contributed by atoms with Crippen molar-refractivity contribution in [1.82, 2.24) is 10.2 Å². The van der Waals surface area contributed by atoms with Crippen LogP contribution in [0.15, 0.2) is 0 Å². The van der Waals surface area contributed by atoms with E-state index in [2.05, 4.69) is 38.0 Å². The minimum Gasteiger partial charge on any atom is -0.316 e. The Hall–Kier alpha value is -0.0800. The van der Waals surface area contributed by atoms with Gasteiger partial charge >= 0.3 is 0 Å². The molecular weight excluding hydrogens is 160 g/mol. The van der Waals surface area contributed by atoms with Crippen LogP contribution in [0.3, 0.4) is 0 Å². The molecule has 0 aromatic rings. The molecule has 1 N–H and O–H groups in total. The highest BCUT2D eigenvalue weighted by atomic mass is 15.2. The van der Waals surface area contributed by atoms with Gasteiger partial charge < -0.3 is 10.2 Å². The van der Waals surface area contributed by atoms with Crippen LogP contribution in [-0.2, 0) is 0 Å². The molecule has 1 aliphatic rings. The van der Waals surface area contributed by atoms with Crippen LogP contribution in [-0.4, -0.2) is 37.1 Å². The first-order chi connectivity index (χ1) is 6.00. The van der Waals surface area contributed by atoms with Crippen LogP contribution >= 0.6 is 0 Å². The van der Waals surface area contributed by atoms with Crippen molar-refractivity contribution in [2.24, 2.45) is 5.92 Å². The first-order valence-electron chi connectivity index (χ1n) is 5.42. The van der Waals surface area contributed by atoms with Gasteiger partial charge in [-0.2, -0.15) is 0 Å². The van der Waals surface area contributed by atoms with Gasteiger partial charge in [0.05, 0.1) is 0 Å². The molecule has 2 heteroatoms. The van der Waals surface area contributed by atoms with Gasteiger partial charge in [0, 0.05) is 12.1 Å². The van der Waals surface area contributed by atoms with E-state index in [-0.39, 0.29) is 0 Å². The van der Waals surface area contributed by atoms with Crippen molar-refractivity contribution in [2.45, 2.75) is 39.2 Å². The van der Waals surface area contributed by atoms with Gasteiger partial charge in [0.2, 0.25) is 0 Å². The van der Waals surface area contributed by atoms with Crippen molar-refractivity contribution in [2.75, 3.05) is 26.7 Å². The zero-order chi connectivity index (χ0) is 9.90. The van der Waals surface area contributed by atoms with Crippen LogP contribution in [0.5, 0.6) is 0 Å². The maximum atomic E-state index is 3.46. The van der Waals surface area contributed by atoms with Gasteiger partial charge in [0.25, 0.3) is 0 Å². The molecule has 0 bridgehead atoms. The monoisotopic (exact) mass is 184 g/mol. The van der Waals surface area contributed by atoms with E-state index in [1.54, 1.807) is 0 Å². The summed E-state index contributed by atoms with van der Waals surface area (Å²) in [5.74, 6) is 0.859. The predicted molar refractivity (Wildman–Crippen MR) is 58.0 cm³/mol. The molecule has 78 valence electrons. The van der Waals surface area contributed by atoms with Gasteiger partial charge in [-0.25, -0.2) is 0 Å². The molecule has 0 aromatic carbocycles. The summed E-state index contributed by atoms with van der Waals surface area (Å²) in [5.41, 5.74) is 0.317. The molecule has 0 radical (unpaired) electrons. The van der Waals surface area contributed by atoms with E-state index in [9.17, 15) is 0 Å². The fourth-order valence-corrected chi connectivity index (χ4v) is 1.74. The van der Waals surface area contributed by atoms with Gasteiger partial charge in [-0.1, -0.05) is 0 Å². The molecule has 1 unspecified atom stereocenters. The van der Waals surface area contributed by atoms with E-state index in [0.717, 1.165) is 5.92 Å². The third kappa shape index (κ3) is 3.65. The highest BCUT2D eigenvalue weighted by Gasteiger charge is 2.21. The Bertz CT molecular complexity index is 143. The summed E-state index contributed by atoms with van der Waals surface area (Å²) in [5, 5.41) is 3.46. The topological polar surface area (TPSA) is 15.3 Å². The van der Waals surface area contributed by atoms with Crippen molar-refractivity contribution in [3.8, 4) is 0 Å². The van der Waals surface area contributed by atoms with E-state index >= 15 is 0 Å². The molecular formula is C11H24N2. The van der Waals surface area contributed by atoms with Crippen LogP contribution in [0.2, 0.25) is 0 Å². The highest BCUT2D eigenvalue weighted by Crippen LogP contribution is 2.16. The summed E-state index contributed by atoms with van der Waals surface area (Å²) in [4.78, 5) is 2.46. The second kappa shape index (κ2) is 4.43. The van der Waals surface area contributed by atoms with Crippen molar-refractivity contribution >= 4 is 0 Å². The molecule has 1 atom stereocenters. The minimum atomic E-state index is 0.317. The van der Waals surface area contributed by atoms with Gasteiger partial charge in [0.1, 0.15) is 0 Å². The first kappa shape index (κ1) is 11.0. The molecule has 0 aliphatic carbocycles. The Morgan fingerprint density at radius 3 is 2.54 bits per heavy atom. The van der Waals surface area contributed by atoms with Gasteiger partial charge in [-0.15, -0.1) is 0 Å². The summed E-state index contributed by atoms with van der Waals surface area (Å²) in [6.45, 7) is 10.5. The maximum absolute atomic E-state index is 3.46. The Balaban J connectivity index is 2.30. The lowest BCUT2D eigenvalue weighted by molar-refractivity contribution is 0.138. The summed E-state index contributed by atoms with van der Waals surface area (Å²) in [6.07, 6.45) is 2.75. The van der Waals surface area contributed by atoms with Crippen molar-refractivity contribution < 1.29 is 0 Å². The lowest BCUT2D eigenvalue weighted by Crippen LogP contribution is -2.44. The zero-order valence-electron chi connectivity index (χ0n) is 9.56. The summed E-state index contributed by atoms with van der Waals surface area (Å²) >= 11 is 0. The third-order valence-electron chi connectivity index (χ3n) is 3.08. The Morgan fingerprint density at radius 2 is 2.08 bits per heavy atom. The lowest BCUT2D eigenvalue weighted by atomic mass is 9.97. The average Bonchev–Trinajstić information content (AvgIpc) is 2.04. The second-order valence-corrected chi connectivity index (χ2v) is 5.26. The number of rotatable bonds is 2. The largest absolute Gasteiger partial charge is 0.316 e. The molecule has 1 rings (SSSR count). The number of nitrogens with zero attached hydrogens (tertiary/aromatic N) is 1. The predicted octanol–water partition coefficient (Wildman–Crippen LogP) is 1.72. The van der Waals surface area contributed by atoms with E-state index < -0.39 is 0 Å². The van der Waals surface area contributed by atoms with Crippen molar-refractivity contribution in [1.29, 1.82) is 0 Å². The Morgan fingerprint density at radius 1 is 1.38 bits per heavy atom. The Kier molecular flexibility index (Phi) is 3.74. The number of hydrogen-bond donors (Lipinski definition) is 1. The number of piperidine rings is 1. The smallest absolute Gasteiger partial charge is 0.0122 e. The van der Waals surface area contributed by atoms with E-state index in [1.807, 2.05) is 0 Å². The molecule has 0 spiro atoms. The minimum absolute atomic E-state index is 0.317. The number of nitrogens with one attached hydrogen (secondary N) is 1. The number of hydrogen-bond acceptors (Lipinski definition) is 2. The van der Waals surface area contributed by atoms with E-state index in [1.165, 1.54) is 32.5 Å². The van der Waals surface area contributed by atoms with Crippen LogP contribution in [0, 0.1) is 5.92 Å². The quantitative estimate of drug-likeness (QED) is 0.703. The molecule has 0 aromatic heterocycles. The lowest BCUT2D eigenvalue weighted by Gasteiger charge is -2.36. The van der Waals surface area contributed by atoms with Crippen LogP contribution in [0.4, 0.5) is 0 Å². The van der Waals surface area contributed by atoms with Gasteiger partial charge in [0.15, 0.2) is 0 Å². The van der Waals surface area contributed by atoms with Crippen LogP contribution in [0.1, 0.15) is 33.6 Å². The summed E-state index contributed by atoms with van der Waals surface area (Å²) < 4.78 is 0. The van der Waals surface area contributed by atoms with E-state index in [0.29, 0.717) is 5.54 Å². The van der Waals surface area contributed by atoms with Crippen LogP contribution in [0.25, 0.3) is 0 Å². The second-order valence-electron chi connectivity index (χ2n) is 5.26. The molecule has 1 heterocycles. The highest BCUT2D eigenvalue weighted by molar-refractivity contribution is 4.78. The normalized spacial score (nSPS) is 25.2. The molecule has 0 amide bonds. The van der Waals surface area contributed by atoms with Gasteiger partial charge in [-0.05, 0) is 59.7 Å². The maximum Gasteiger partial charge on any atom is 0.0122 e. The third-order valence-corrected chi connectivity index (χ3v) is 3.08. The molecule has 1 saturated heterocycles. The first-order valence-corrected chi connectivity index (χ1v) is 5.42. The van der Waals surface area contributed by atoms with Crippen LogP contribution < -0.4 is 5.32 Å². The Labute approximate surface area is 82.7 Å². The summed E-state index contributed by atoms with van der Waals surface area (Å²) in [7, 11) is 2.23. The fourth-order valence-electron chi connectivity index (χ4n) is 1.74. The van der Waals surface area contributed by atoms with Gasteiger partial charge in [-0.3, -0.25) is 0 Å². The van der Waals surface area contributed by atoms with Crippen molar-refractivity contribution in [3.63, 3.8) is 0 Å². The fraction of sp³-hybridized carbons (Fsp3) is 1.00. The summed E-state index contributed by atoms with van der Waals surface area (Å²) in [6, 6.07) is 0. The van der Waals surface area contributed by atoms with E-state index in [4.69, 9.17) is 0 Å².